The second-order valence-electron chi connectivity index (χ2n) is 5.95. The van der Waals surface area contributed by atoms with E-state index in [0.717, 1.165) is 6.42 Å². The molecule has 2 N–H and O–H groups in total. The summed E-state index contributed by atoms with van der Waals surface area (Å²) in [4.78, 5) is 4.46. The van der Waals surface area contributed by atoms with E-state index in [1.165, 1.54) is 0 Å². The zero-order chi connectivity index (χ0) is 20.1. The van der Waals surface area contributed by atoms with E-state index in [1.54, 1.807) is 25.1 Å². The summed E-state index contributed by atoms with van der Waals surface area (Å²) in [5.74, 6) is 0.917. The normalized spacial score (nSPS) is 11.4. The number of guanidine groups is 1. The molecule has 28 heavy (non-hydrogen) atoms. The van der Waals surface area contributed by atoms with Crippen molar-refractivity contribution in [3.05, 3.63) is 23.8 Å². The number of rotatable bonds is 12. The van der Waals surface area contributed by atoms with Crippen LogP contribution in [0.5, 0.6) is 11.5 Å². The van der Waals surface area contributed by atoms with Crippen molar-refractivity contribution < 1.29 is 23.0 Å². The third-order valence-electron chi connectivity index (χ3n) is 3.38. The Bertz CT molecular complexity index is 575. The number of benzene rings is 1. The summed E-state index contributed by atoms with van der Waals surface area (Å²) < 4.78 is 41.1. The van der Waals surface area contributed by atoms with Gasteiger partial charge in [0, 0.05) is 25.3 Å². The van der Waals surface area contributed by atoms with Crippen LogP contribution in [0, 0.1) is 0 Å². The zero-order valence-electron chi connectivity index (χ0n) is 17.0. The fraction of sp³-hybridized carbons (Fsp3) is 0.632. The highest BCUT2D eigenvalue weighted by Crippen LogP contribution is 2.33. The number of para-hydroxylation sites is 1. The first-order chi connectivity index (χ1) is 13.0. The molecule has 0 aliphatic heterocycles. The molecule has 0 unspecified atom stereocenters. The maximum Gasteiger partial charge on any atom is 0.387 e. The highest BCUT2D eigenvalue weighted by Gasteiger charge is 2.15. The summed E-state index contributed by atoms with van der Waals surface area (Å²) in [5.41, 5.74) is 0.529. The van der Waals surface area contributed by atoms with Crippen LogP contribution in [0.25, 0.3) is 0 Å². The van der Waals surface area contributed by atoms with Gasteiger partial charge < -0.3 is 24.8 Å². The van der Waals surface area contributed by atoms with E-state index >= 15 is 0 Å². The molecule has 0 saturated carbocycles. The van der Waals surface area contributed by atoms with Crippen LogP contribution in [0.3, 0.4) is 0 Å². The first-order valence-corrected chi connectivity index (χ1v) is 9.31. The monoisotopic (exact) mass is 515 g/mol. The van der Waals surface area contributed by atoms with E-state index in [9.17, 15) is 8.78 Å². The topological polar surface area (TPSA) is 64.1 Å². The van der Waals surface area contributed by atoms with Crippen molar-refractivity contribution in [1.29, 1.82) is 0 Å². The number of halogens is 3. The molecule has 9 heteroatoms. The number of hydrogen-bond donors (Lipinski definition) is 2. The minimum atomic E-state index is -2.93. The van der Waals surface area contributed by atoms with Crippen LogP contribution in [0.2, 0.25) is 0 Å². The Morgan fingerprint density at radius 1 is 1.18 bits per heavy atom. The Balaban J connectivity index is 0.00000729. The van der Waals surface area contributed by atoms with Crippen molar-refractivity contribution >= 4 is 29.9 Å². The number of alkyl halides is 2. The molecule has 1 rings (SSSR count). The Morgan fingerprint density at radius 3 is 2.54 bits per heavy atom. The van der Waals surface area contributed by atoms with Crippen LogP contribution in [-0.4, -0.2) is 45.0 Å². The van der Waals surface area contributed by atoms with Gasteiger partial charge in [0.1, 0.15) is 0 Å². The Kier molecular flexibility index (Phi) is 14.8. The maximum absolute atomic E-state index is 12.8. The molecule has 0 radical (unpaired) electrons. The van der Waals surface area contributed by atoms with Crippen molar-refractivity contribution in [2.24, 2.45) is 4.99 Å². The summed E-state index contributed by atoms with van der Waals surface area (Å²) in [6.07, 6.45) is 1.04. The second kappa shape index (κ2) is 15.5. The number of hydrogen-bond acceptors (Lipinski definition) is 4. The fourth-order valence-corrected chi connectivity index (χ4v) is 2.28. The van der Waals surface area contributed by atoms with Gasteiger partial charge in [0.15, 0.2) is 17.5 Å². The van der Waals surface area contributed by atoms with Gasteiger partial charge in [-0.3, -0.25) is 0 Å². The molecule has 162 valence electrons. The Morgan fingerprint density at radius 2 is 1.93 bits per heavy atom. The molecule has 0 fully saturated rings. The van der Waals surface area contributed by atoms with Crippen LogP contribution < -0.4 is 20.1 Å². The predicted molar refractivity (Wildman–Crippen MR) is 118 cm³/mol. The van der Waals surface area contributed by atoms with E-state index in [2.05, 4.69) is 20.4 Å². The Hall–Kier alpha value is -1.36. The highest BCUT2D eigenvalue weighted by atomic mass is 127. The first kappa shape index (κ1) is 26.6. The van der Waals surface area contributed by atoms with Crippen molar-refractivity contribution in [1.82, 2.24) is 10.6 Å². The van der Waals surface area contributed by atoms with E-state index < -0.39 is 6.61 Å². The zero-order valence-corrected chi connectivity index (χ0v) is 19.3. The van der Waals surface area contributed by atoms with E-state index in [1.807, 2.05) is 20.8 Å². The minimum Gasteiger partial charge on any atom is -0.490 e. The quantitative estimate of drug-likeness (QED) is 0.189. The molecule has 0 aliphatic carbocycles. The maximum atomic E-state index is 12.8. The molecular formula is C19H32F2IN3O3. The second-order valence-corrected chi connectivity index (χ2v) is 5.95. The lowest BCUT2D eigenvalue weighted by Gasteiger charge is -2.15. The predicted octanol–water partition coefficient (Wildman–Crippen LogP) is 4.17. The molecule has 0 spiro atoms. The van der Waals surface area contributed by atoms with Gasteiger partial charge in [0.2, 0.25) is 0 Å². The molecule has 1 aromatic rings. The highest BCUT2D eigenvalue weighted by molar-refractivity contribution is 14.0. The Labute approximate surface area is 183 Å². The van der Waals surface area contributed by atoms with Gasteiger partial charge in [-0.05, 0) is 40.2 Å². The smallest absolute Gasteiger partial charge is 0.387 e. The van der Waals surface area contributed by atoms with Crippen LogP contribution >= 0.6 is 24.0 Å². The third-order valence-corrected chi connectivity index (χ3v) is 3.38. The number of ether oxygens (including phenoxy) is 3. The lowest BCUT2D eigenvalue weighted by Crippen LogP contribution is -2.38. The SMILES string of the molecule is CCNC(=NCc1cccc(OCC)c1OC(F)F)NCCCOC(C)C.I. The van der Waals surface area contributed by atoms with E-state index in [0.29, 0.717) is 37.8 Å². The van der Waals surface area contributed by atoms with Crippen LogP contribution in [0.4, 0.5) is 8.78 Å². The molecule has 0 bridgehead atoms. The standard InChI is InChI=1S/C19H31F2N3O3.HI/c1-5-22-19(23-11-8-12-26-14(3)4)24-13-15-9-7-10-16(25-6-2)17(15)27-18(20)21;/h7,9-10,14,18H,5-6,8,11-13H2,1-4H3,(H2,22,23,24);1H. The summed E-state index contributed by atoms with van der Waals surface area (Å²) in [7, 11) is 0. The lowest BCUT2D eigenvalue weighted by atomic mass is 10.2. The first-order valence-electron chi connectivity index (χ1n) is 9.31. The lowest BCUT2D eigenvalue weighted by molar-refractivity contribution is -0.0520. The summed E-state index contributed by atoms with van der Waals surface area (Å²) in [5, 5.41) is 6.33. The molecule has 0 aromatic heterocycles. The van der Waals surface area contributed by atoms with Gasteiger partial charge in [0.25, 0.3) is 0 Å². The summed E-state index contributed by atoms with van der Waals surface area (Å²) in [6, 6.07) is 5.04. The van der Waals surface area contributed by atoms with Gasteiger partial charge in [-0.15, -0.1) is 24.0 Å². The van der Waals surface area contributed by atoms with E-state index in [-0.39, 0.29) is 48.1 Å². The van der Waals surface area contributed by atoms with Crippen molar-refractivity contribution in [2.45, 2.75) is 53.4 Å². The van der Waals surface area contributed by atoms with Crippen molar-refractivity contribution in [3.8, 4) is 11.5 Å². The number of nitrogens with zero attached hydrogens (tertiary/aromatic N) is 1. The minimum absolute atomic E-state index is 0. The van der Waals surface area contributed by atoms with Crippen LogP contribution in [0.1, 0.15) is 39.7 Å². The number of aliphatic imine (C=N–C) groups is 1. The van der Waals surface area contributed by atoms with Crippen LogP contribution in [0.15, 0.2) is 23.2 Å². The van der Waals surface area contributed by atoms with Gasteiger partial charge >= 0.3 is 6.61 Å². The molecule has 6 nitrogen and oxygen atoms in total. The fourth-order valence-electron chi connectivity index (χ4n) is 2.28. The van der Waals surface area contributed by atoms with Gasteiger partial charge in [-0.2, -0.15) is 8.78 Å². The molecule has 0 heterocycles. The molecule has 0 saturated heterocycles. The van der Waals surface area contributed by atoms with E-state index in [4.69, 9.17) is 9.47 Å². The number of nitrogens with one attached hydrogen (secondary N) is 2. The molecule has 0 aliphatic rings. The summed E-state index contributed by atoms with van der Waals surface area (Å²) >= 11 is 0. The van der Waals surface area contributed by atoms with Gasteiger partial charge in [0.05, 0.1) is 19.3 Å². The largest absolute Gasteiger partial charge is 0.490 e. The van der Waals surface area contributed by atoms with Gasteiger partial charge in [-0.1, -0.05) is 12.1 Å². The third kappa shape index (κ3) is 10.8. The molecule has 0 amide bonds. The van der Waals surface area contributed by atoms with Crippen molar-refractivity contribution in [2.75, 3.05) is 26.3 Å². The van der Waals surface area contributed by atoms with Crippen LogP contribution in [-0.2, 0) is 11.3 Å². The van der Waals surface area contributed by atoms with Gasteiger partial charge in [-0.25, -0.2) is 4.99 Å². The summed E-state index contributed by atoms with van der Waals surface area (Å²) in [6.45, 7) is 7.38. The average molecular weight is 515 g/mol. The molecule has 1 aromatic carbocycles. The average Bonchev–Trinajstić information content (AvgIpc) is 2.61. The molecule has 0 atom stereocenters. The van der Waals surface area contributed by atoms with Crippen molar-refractivity contribution in [3.63, 3.8) is 0 Å². The molecular weight excluding hydrogens is 483 g/mol.